The average Bonchev–Trinajstić information content (AvgIpc) is 3.11. The summed E-state index contributed by atoms with van der Waals surface area (Å²) in [6, 6.07) is 8.05. The lowest BCUT2D eigenvalue weighted by Crippen LogP contribution is -2.45. The standard InChI is InChI=1S/C18H25NO3S/c1-12-7-4-5-8-13(12)14-11-15(14)18(20)19(2)16-9-6-10-17(16)23(3,21)22/h4-5,7-8,14-17H,6,9-11H2,1-3H3/t14-,15-,16-,17+/m0/s1. The molecule has 0 aromatic heterocycles. The van der Waals surface area contributed by atoms with Crippen molar-refractivity contribution in [1.82, 2.24) is 4.90 Å². The first-order chi connectivity index (χ1) is 10.8. The summed E-state index contributed by atoms with van der Waals surface area (Å²) in [5.41, 5.74) is 2.48. The van der Waals surface area contributed by atoms with Crippen molar-refractivity contribution >= 4 is 15.7 Å². The molecule has 2 saturated carbocycles. The Hall–Kier alpha value is -1.36. The zero-order valence-electron chi connectivity index (χ0n) is 14.0. The zero-order chi connectivity index (χ0) is 16.8. The van der Waals surface area contributed by atoms with Gasteiger partial charge in [0.25, 0.3) is 0 Å². The minimum Gasteiger partial charge on any atom is -0.341 e. The highest BCUT2D eigenvalue weighted by atomic mass is 32.2. The van der Waals surface area contributed by atoms with Crippen LogP contribution in [0, 0.1) is 12.8 Å². The van der Waals surface area contributed by atoms with Crippen LogP contribution in [0.1, 0.15) is 42.7 Å². The molecule has 1 amide bonds. The largest absolute Gasteiger partial charge is 0.341 e. The molecular formula is C18H25NO3S. The molecule has 1 aromatic rings. The molecule has 0 radical (unpaired) electrons. The van der Waals surface area contributed by atoms with E-state index in [-0.39, 0.29) is 17.9 Å². The average molecular weight is 335 g/mol. The van der Waals surface area contributed by atoms with E-state index in [1.807, 2.05) is 12.1 Å². The van der Waals surface area contributed by atoms with Gasteiger partial charge in [-0.25, -0.2) is 8.42 Å². The number of benzene rings is 1. The van der Waals surface area contributed by atoms with Gasteiger partial charge >= 0.3 is 0 Å². The van der Waals surface area contributed by atoms with Crippen molar-refractivity contribution in [3.8, 4) is 0 Å². The van der Waals surface area contributed by atoms with Gasteiger partial charge in [0.2, 0.25) is 5.91 Å². The zero-order valence-corrected chi connectivity index (χ0v) is 14.8. The first-order valence-corrected chi connectivity index (χ1v) is 10.3. The number of nitrogens with zero attached hydrogens (tertiary/aromatic N) is 1. The van der Waals surface area contributed by atoms with Gasteiger partial charge in [0.1, 0.15) is 0 Å². The Balaban J connectivity index is 1.71. The van der Waals surface area contributed by atoms with Gasteiger partial charge in [-0.3, -0.25) is 4.79 Å². The van der Waals surface area contributed by atoms with Crippen LogP contribution in [0.5, 0.6) is 0 Å². The highest BCUT2D eigenvalue weighted by Gasteiger charge is 2.48. The maximum Gasteiger partial charge on any atom is 0.226 e. The Morgan fingerprint density at radius 2 is 1.91 bits per heavy atom. The molecule has 1 aromatic carbocycles. The lowest BCUT2D eigenvalue weighted by molar-refractivity contribution is -0.133. The van der Waals surface area contributed by atoms with E-state index in [0.29, 0.717) is 12.3 Å². The highest BCUT2D eigenvalue weighted by molar-refractivity contribution is 7.91. The Morgan fingerprint density at radius 1 is 1.22 bits per heavy atom. The second-order valence-corrected chi connectivity index (χ2v) is 9.39. The van der Waals surface area contributed by atoms with Gasteiger partial charge < -0.3 is 4.90 Å². The second kappa shape index (κ2) is 5.93. The molecule has 23 heavy (non-hydrogen) atoms. The fraction of sp³-hybridized carbons (Fsp3) is 0.611. The summed E-state index contributed by atoms with van der Waals surface area (Å²) in [4.78, 5) is 14.5. The molecule has 0 aliphatic heterocycles. The molecule has 0 N–H and O–H groups in total. The molecule has 2 aliphatic rings. The summed E-state index contributed by atoms with van der Waals surface area (Å²) in [5.74, 6) is 0.421. The fourth-order valence-corrected chi connectivity index (χ4v) is 5.57. The second-order valence-electron chi connectivity index (χ2n) is 7.12. The van der Waals surface area contributed by atoms with E-state index in [9.17, 15) is 13.2 Å². The SMILES string of the molecule is Cc1ccccc1[C@@H]1C[C@@H]1C(=O)N(C)[C@H]1CCC[C@H]1S(C)(=O)=O. The van der Waals surface area contributed by atoms with Gasteiger partial charge in [-0.2, -0.15) is 0 Å². The summed E-state index contributed by atoms with van der Waals surface area (Å²) in [7, 11) is -1.32. The molecule has 4 atom stereocenters. The van der Waals surface area contributed by atoms with Crippen LogP contribution < -0.4 is 0 Å². The van der Waals surface area contributed by atoms with Crippen LogP contribution in [-0.2, 0) is 14.6 Å². The van der Waals surface area contributed by atoms with Gasteiger partial charge in [0, 0.05) is 25.3 Å². The van der Waals surface area contributed by atoms with Crippen LogP contribution in [0.2, 0.25) is 0 Å². The molecule has 0 spiro atoms. The molecule has 4 nitrogen and oxygen atoms in total. The summed E-state index contributed by atoms with van der Waals surface area (Å²) in [6.45, 7) is 2.08. The summed E-state index contributed by atoms with van der Waals surface area (Å²) >= 11 is 0. The van der Waals surface area contributed by atoms with E-state index < -0.39 is 15.1 Å². The molecule has 0 saturated heterocycles. The molecule has 0 unspecified atom stereocenters. The molecule has 3 rings (SSSR count). The van der Waals surface area contributed by atoms with Crippen molar-refractivity contribution in [2.45, 2.75) is 49.8 Å². The highest BCUT2D eigenvalue weighted by Crippen LogP contribution is 2.49. The van der Waals surface area contributed by atoms with Crippen molar-refractivity contribution in [1.29, 1.82) is 0 Å². The van der Waals surface area contributed by atoms with Crippen LogP contribution in [-0.4, -0.2) is 43.8 Å². The molecule has 0 bridgehead atoms. The number of carbonyl (C=O) groups excluding carboxylic acids is 1. The van der Waals surface area contributed by atoms with E-state index in [2.05, 4.69) is 19.1 Å². The van der Waals surface area contributed by atoms with E-state index in [1.54, 1.807) is 11.9 Å². The molecule has 2 fully saturated rings. The molecule has 0 heterocycles. The van der Waals surface area contributed by atoms with Crippen LogP contribution >= 0.6 is 0 Å². The van der Waals surface area contributed by atoms with Gasteiger partial charge in [-0.15, -0.1) is 0 Å². The van der Waals surface area contributed by atoms with Crippen LogP contribution in [0.25, 0.3) is 0 Å². The molecule has 126 valence electrons. The Labute approximate surface area is 138 Å². The lowest BCUT2D eigenvalue weighted by Gasteiger charge is -2.29. The van der Waals surface area contributed by atoms with Gasteiger partial charge in [0.05, 0.1) is 5.25 Å². The van der Waals surface area contributed by atoms with Crippen molar-refractivity contribution < 1.29 is 13.2 Å². The first kappa shape index (κ1) is 16.5. The van der Waals surface area contributed by atoms with Gasteiger partial charge in [-0.05, 0) is 49.7 Å². The quantitative estimate of drug-likeness (QED) is 0.849. The van der Waals surface area contributed by atoms with Gasteiger partial charge in [0.15, 0.2) is 9.84 Å². The lowest BCUT2D eigenvalue weighted by atomic mass is 10.0. The minimum atomic E-state index is -3.10. The molecular weight excluding hydrogens is 310 g/mol. The van der Waals surface area contributed by atoms with Crippen LogP contribution in [0.4, 0.5) is 0 Å². The van der Waals surface area contributed by atoms with E-state index in [1.165, 1.54) is 17.4 Å². The van der Waals surface area contributed by atoms with E-state index in [0.717, 1.165) is 19.3 Å². The maximum atomic E-state index is 12.8. The fourth-order valence-electron chi connectivity index (χ4n) is 4.09. The summed E-state index contributed by atoms with van der Waals surface area (Å²) in [6.07, 6.45) is 4.52. The van der Waals surface area contributed by atoms with Crippen LogP contribution in [0.15, 0.2) is 24.3 Å². The predicted molar refractivity (Wildman–Crippen MR) is 91.1 cm³/mol. The Kier molecular flexibility index (Phi) is 4.25. The van der Waals surface area contributed by atoms with Crippen molar-refractivity contribution in [2.24, 2.45) is 5.92 Å². The normalized spacial score (nSPS) is 30.2. The van der Waals surface area contributed by atoms with Crippen molar-refractivity contribution in [3.63, 3.8) is 0 Å². The smallest absolute Gasteiger partial charge is 0.226 e. The number of carbonyl (C=O) groups is 1. The number of rotatable bonds is 4. The Bertz CT molecular complexity index is 713. The first-order valence-electron chi connectivity index (χ1n) is 8.31. The number of aryl methyl sites for hydroxylation is 1. The van der Waals surface area contributed by atoms with Gasteiger partial charge in [-0.1, -0.05) is 24.3 Å². The summed E-state index contributed by atoms with van der Waals surface area (Å²) in [5, 5.41) is -0.396. The molecule has 2 aliphatic carbocycles. The minimum absolute atomic E-state index is 0.0157. The maximum absolute atomic E-state index is 12.8. The third-order valence-corrected chi connectivity index (χ3v) is 7.16. The van der Waals surface area contributed by atoms with Crippen molar-refractivity contribution in [2.75, 3.05) is 13.3 Å². The van der Waals surface area contributed by atoms with Crippen molar-refractivity contribution in [3.05, 3.63) is 35.4 Å². The number of sulfone groups is 1. The monoisotopic (exact) mass is 335 g/mol. The van der Waals surface area contributed by atoms with E-state index >= 15 is 0 Å². The summed E-state index contributed by atoms with van der Waals surface area (Å²) < 4.78 is 23.9. The predicted octanol–water partition coefficient (Wildman–Crippen LogP) is 2.52. The van der Waals surface area contributed by atoms with Crippen LogP contribution in [0.3, 0.4) is 0 Å². The topological polar surface area (TPSA) is 54.5 Å². The molecule has 5 heteroatoms. The Morgan fingerprint density at radius 3 is 2.57 bits per heavy atom. The van der Waals surface area contributed by atoms with E-state index in [4.69, 9.17) is 0 Å². The number of hydrogen-bond donors (Lipinski definition) is 0. The number of hydrogen-bond acceptors (Lipinski definition) is 3. The third kappa shape index (κ3) is 3.16. The third-order valence-electron chi connectivity index (χ3n) is 5.51. The number of amides is 1.